The molecule has 2 amide bonds. The maximum Gasteiger partial charge on any atom is 0.321 e. The van der Waals surface area contributed by atoms with Crippen molar-refractivity contribution in [2.24, 2.45) is 5.92 Å². The first-order valence-corrected chi connectivity index (χ1v) is 10.1. The first-order valence-electron chi connectivity index (χ1n) is 8.54. The fraction of sp³-hybridized carbons (Fsp3) is 0.529. The second-order valence-electron chi connectivity index (χ2n) is 6.99. The number of amides is 2. The summed E-state index contributed by atoms with van der Waals surface area (Å²) < 4.78 is 25.6. The number of aliphatic carboxylic acids is 1. The van der Waals surface area contributed by atoms with Gasteiger partial charge in [0.05, 0.1) is 16.1 Å². The number of carbonyl (C=O) groups excluding carboxylic acids is 1. The zero-order valence-electron chi connectivity index (χ0n) is 15.1. The molecule has 2 fully saturated rings. The summed E-state index contributed by atoms with van der Waals surface area (Å²) in [4.78, 5) is 25.0. The van der Waals surface area contributed by atoms with Crippen molar-refractivity contribution in [3.63, 3.8) is 0 Å². The summed E-state index contributed by atoms with van der Waals surface area (Å²) in [6.45, 7) is 0.499. The highest BCUT2D eigenvalue weighted by Gasteiger charge is 2.42. The third kappa shape index (κ3) is 4.36. The number of carboxylic acid groups (broad SMARTS) is 1. The molecule has 2 aliphatic rings. The predicted molar refractivity (Wildman–Crippen MR) is 103 cm³/mol. The summed E-state index contributed by atoms with van der Waals surface area (Å²) in [6, 6.07) is 3.66. The average Bonchev–Trinajstić information content (AvgIpc) is 3.32. The van der Waals surface area contributed by atoms with E-state index in [1.807, 2.05) is 0 Å². The average molecular weight is 418 g/mol. The Labute approximate surface area is 164 Å². The molecule has 1 saturated carbocycles. The number of rotatable bonds is 5. The number of nitrogens with zero attached hydrogens (tertiary/aromatic N) is 1. The lowest BCUT2D eigenvalue weighted by Gasteiger charge is -2.22. The minimum atomic E-state index is -3.50. The highest BCUT2D eigenvalue weighted by atomic mass is 35.5. The Kier molecular flexibility index (Phi) is 6.39. The van der Waals surface area contributed by atoms with E-state index in [-0.39, 0.29) is 23.3 Å². The number of carboxylic acids is 1. The zero-order valence-corrected chi connectivity index (χ0v) is 16.8. The molecule has 10 heteroatoms. The molecule has 1 aliphatic carbocycles. The topological polar surface area (TPSA) is 116 Å². The van der Waals surface area contributed by atoms with Crippen LogP contribution in [0.2, 0.25) is 0 Å². The number of anilines is 1. The van der Waals surface area contributed by atoms with E-state index in [0.717, 1.165) is 0 Å². The number of hydrogen-bond donors (Lipinski definition) is 3. The van der Waals surface area contributed by atoms with Crippen molar-refractivity contribution in [3.05, 3.63) is 23.8 Å². The SMILES string of the molecule is CN(C)C(=O)Nc1ccc(S(=O)(=O)C2CC2)c(C2NCCC2C(=O)O)c1.Cl. The molecule has 3 rings (SSSR count). The highest BCUT2D eigenvalue weighted by Crippen LogP contribution is 2.40. The van der Waals surface area contributed by atoms with Crippen LogP contribution in [0.15, 0.2) is 23.1 Å². The quantitative estimate of drug-likeness (QED) is 0.673. The molecule has 1 aromatic rings. The van der Waals surface area contributed by atoms with Gasteiger partial charge in [0, 0.05) is 25.8 Å². The Morgan fingerprint density at radius 3 is 2.44 bits per heavy atom. The number of hydrogen-bond acceptors (Lipinski definition) is 5. The fourth-order valence-corrected chi connectivity index (χ4v) is 5.11. The van der Waals surface area contributed by atoms with Crippen LogP contribution in [-0.2, 0) is 14.6 Å². The van der Waals surface area contributed by atoms with E-state index in [0.29, 0.717) is 37.1 Å². The van der Waals surface area contributed by atoms with Gasteiger partial charge in [-0.2, -0.15) is 0 Å². The van der Waals surface area contributed by atoms with Gasteiger partial charge in [-0.1, -0.05) is 0 Å². The standard InChI is InChI=1S/C17H23N3O5S.ClH/c1-20(2)17(23)19-10-3-6-14(26(24,25)11-4-5-11)13(9-10)15-12(16(21)22)7-8-18-15;/h3,6,9,11-12,15,18H,4-5,7-8H2,1-2H3,(H,19,23)(H,21,22);1H. The van der Waals surface area contributed by atoms with Crippen LogP contribution in [0.4, 0.5) is 10.5 Å². The maximum absolute atomic E-state index is 12.8. The number of nitrogens with one attached hydrogen (secondary N) is 2. The lowest BCUT2D eigenvalue weighted by Crippen LogP contribution is -2.28. The van der Waals surface area contributed by atoms with Crippen LogP contribution in [0, 0.1) is 5.92 Å². The van der Waals surface area contributed by atoms with E-state index in [9.17, 15) is 23.1 Å². The molecule has 0 bridgehead atoms. The lowest BCUT2D eigenvalue weighted by atomic mass is 9.94. The molecule has 1 heterocycles. The Morgan fingerprint density at radius 1 is 1.22 bits per heavy atom. The van der Waals surface area contributed by atoms with E-state index in [1.165, 1.54) is 11.0 Å². The summed E-state index contributed by atoms with van der Waals surface area (Å²) in [5.74, 6) is -1.67. The summed E-state index contributed by atoms with van der Waals surface area (Å²) in [5.41, 5.74) is 0.852. The van der Waals surface area contributed by atoms with E-state index in [2.05, 4.69) is 10.6 Å². The van der Waals surface area contributed by atoms with Crippen molar-refractivity contribution in [3.8, 4) is 0 Å². The normalized spacial score (nSPS) is 22.0. The van der Waals surface area contributed by atoms with Crippen molar-refractivity contribution in [2.75, 3.05) is 26.0 Å². The molecular formula is C17H24ClN3O5S. The molecule has 2 unspecified atom stereocenters. The number of carbonyl (C=O) groups is 2. The Balaban J connectivity index is 0.00000261. The third-order valence-electron chi connectivity index (χ3n) is 4.81. The Hall–Kier alpha value is -1.84. The van der Waals surface area contributed by atoms with Crippen molar-refractivity contribution in [2.45, 2.75) is 35.4 Å². The van der Waals surface area contributed by atoms with Gasteiger partial charge in [-0.25, -0.2) is 13.2 Å². The van der Waals surface area contributed by atoms with Gasteiger partial charge in [-0.3, -0.25) is 4.79 Å². The molecule has 150 valence electrons. The van der Waals surface area contributed by atoms with Gasteiger partial charge in [0.25, 0.3) is 0 Å². The maximum atomic E-state index is 12.8. The highest BCUT2D eigenvalue weighted by molar-refractivity contribution is 7.92. The molecule has 27 heavy (non-hydrogen) atoms. The molecular weight excluding hydrogens is 394 g/mol. The smallest absolute Gasteiger partial charge is 0.321 e. The van der Waals surface area contributed by atoms with E-state index in [1.54, 1.807) is 26.2 Å². The molecule has 1 aromatic carbocycles. The summed E-state index contributed by atoms with van der Waals surface area (Å²) in [7, 11) is -0.304. The van der Waals surface area contributed by atoms with E-state index in [4.69, 9.17) is 0 Å². The molecule has 1 saturated heterocycles. The molecule has 0 aromatic heterocycles. The minimum absolute atomic E-state index is 0. The van der Waals surface area contributed by atoms with Gasteiger partial charge < -0.3 is 20.6 Å². The Morgan fingerprint density at radius 2 is 1.89 bits per heavy atom. The largest absolute Gasteiger partial charge is 0.481 e. The molecule has 0 radical (unpaired) electrons. The molecule has 2 atom stereocenters. The number of urea groups is 1. The van der Waals surface area contributed by atoms with Crippen LogP contribution in [0.5, 0.6) is 0 Å². The van der Waals surface area contributed by atoms with Crippen molar-refractivity contribution >= 4 is 39.9 Å². The van der Waals surface area contributed by atoms with Crippen molar-refractivity contribution in [1.82, 2.24) is 10.2 Å². The van der Waals surface area contributed by atoms with Crippen LogP contribution in [0.3, 0.4) is 0 Å². The summed E-state index contributed by atoms with van der Waals surface area (Å²) in [5, 5.41) is 14.9. The van der Waals surface area contributed by atoms with Crippen LogP contribution in [-0.4, -0.2) is 56.3 Å². The lowest BCUT2D eigenvalue weighted by molar-refractivity contribution is -0.142. The van der Waals surface area contributed by atoms with Gasteiger partial charge >= 0.3 is 12.0 Å². The van der Waals surface area contributed by atoms with Gasteiger partial charge in [0.15, 0.2) is 9.84 Å². The van der Waals surface area contributed by atoms with Gasteiger partial charge in [-0.05, 0) is 49.6 Å². The zero-order chi connectivity index (χ0) is 19.1. The van der Waals surface area contributed by atoms with Crippen LogP contribution < -0.4 is 10.6 Å². The van der Waals surface area contributed by atoms with E-state index < -0.39 is 33.0 Å². The molecule has 1 aliphatic heterocycles. The monoisotopic (exact) mass is 417 g/mol. The number of sulfone groups is 1. The molecule has 8 nitrogen and oxygen atoms in total. The molecule has 0 spiro atoms. The van der Waals surface area contributed by atoms with Crippen LogP contribution in [0.1, 0.15) is 30.9 Å². The summed E-state index contributed by atoms with van der Waals surface area (Å²) in [6.07, 6.45) is 1.68. The third-order valence-corrected chi connectivity index (χ3v) is 7.15. The Bertz CT molecular complexity index is 839. The number of halogens is 1. The van der Waals surface area contributed by atoms with Crippen molar-refractivity contribution in [1.29, 1.82) is 0 Å². The first-order chi connectivity index (χ1) is 12.2. The molecule has 3 N–H and O–H groups in total. The minimum Gasteiger partial charge on any atom is -0.481 e. The second-order valence-corrected chi connectivity index (χ2v) is 9.18. The van der Waals surface area contributed by atoms with Crippen molar-refractivity contribution < 1.29 is 23.1 Å². The first kappa shape index (κ1) is 21.5. The van der Waals surface area contributed by atoms with E-state index >= 15 is 0 Å². The predicted octanol–water partition coefficient (Wildman–Crippen LogP) is 1.87. The van der Waals surface area contributed by atoms with Gasteiger partial charge in [-0.15, -0.1) is 12.4 Å². The van der Waals surface area contributed by atoms with Gasteiger partial charge in [0.2, 0.25) is 0 Å². The fourth-order valence-electron chi connectivity index (χ4n) is 3.22. The van der Waals surface area contributed by atoms with Crippen LogP contribution >= 0.6 is 12.4 Å². The van der Waals surface area contributed by atoms with Crippen LogP contribution in [0.25, 0.3) is 0 Å². The number of benzene rings is 1. The van der Waals surface area contributed by atoms with Gasteiger partial charge in [0.1, 0.15) is 0 Å². The second kappa shape index (κ2) is 8.04. The summed E-state index contributed by atoms with van der Waals surface area (Å²) >= 11 is 0.